The molecule has 1 N–H and O–H groups in total. The highest BCUT2D eigenvalue weighted by atomic mass is 16.3. The highest BCUT2D eigenvalue weighted by Gasteiger charge is 2.26. The Bertz CT molecular complexity index is 478. The maximum atomic E-state index is 12.5. The number of carbonyl (C=O) groups excluding carboxylic acids is 1. The van der Waals surface area contributed by atoms with Crippen molar-refractivity contribution in [3.05, 3.63) is 17.5 Å². The Morgan fingerprint density at radius 3 is 2.25 bits per heavy atom. The minimum absolute atomic E-state index is 0.138. The first-order valence-corrected chi connectivity index (χ1v) is 7.04. The molecule has 0 aromatic carbocycles. The quantitative estimate of drug-likeness (QED) is 0.920. The molecule has 1 amide bonds. The second-order valence-corrected chi connectivity index (χ2v) is 6.89. The lowest BCUT2D eigenvalue weighted by atomic mass is 10.1. The van der Waals surface area contributed by atoms with Crippen LogP contribution in [-0.2, 0) is 5.54 Å². The van der Waals surface area contributed by atoms with E-state index in [0.717, 1.165) is 5.69 Å². The molecule has 0 aliphatic rings. The van der Waals surface area contributed by atoms with Crippen LogP contribution in [0.15, 0.2) is 6.07 Å². The topological polar surface area (TPSA) is 58.4 Å². The van der Waals surface area contributed by atoms with Crippen molar-refractivity contribution in [3.63, 3.8) is 0 Å². The smallest absolute Gasteiger partial charge is 0.274 e. The van der Waals surface area contributed by atoms with Crippen LogP contribution in [0, 0.1) is 6.92 Å². The normalized spacial score (nSPS) is 12.6. The Kier molecular flexibility index (Phi) is 4.64. The summed E-state index contributed by atoms with van der Waals surface area (Å²) in [4.78, 5) is 14.1. The molecule has 0 aliphatic carbocycles. The van der Waals surface area contributed by atoms with Crippen LogP contribution in [-0.4, -0.2) is 44.4 Å². The number of nitrogens with zero attached hydrogens (tertiary/aromatic N) is 3. The summed E-state index contributed by atoms with van der Waals surface area (Å²) < 4.78 is 1.86. The molecule has 0 bridgehead atoms. The molecule has 0 aliphatic heterocycles. The predicted molar refractivity (Wildman–Crippen MR) is 79.8 cm³/mol. The average molecular weight is 281 g/mol. The van der Waals surface area contributed by atoms with Gasteiger partial charge in [0.25, 0.3) is 5.91 Å². The molecular weight excluding hydrogens is 254 g/mol. The van der Waals surface area contributed by atoms with Crippen molar-refractivity contribution in [2.75, 3.05) is 13.1 Å². The van der Waals surface area contributed by atoms with Gasteiger partial charge < -0.3 is 10.0 Å². The van der Waals surface area contributed by atoms with Gasteiger partial charge >= 0.3 is 0 Å². The molecule has 5 nitrogen and oxygen atoms in total. The number of amides is 1. The van der Waals surface area contributed by atoms with Crippen molar-refractivity contribution in [3.8, 4) is 0 Å². The lowest BCUT2D eigenvalue weighted by Gasteiger charge is -2.27. The van der Waals surface area contributed by atoms with Gasteiger partial charge in [-0.25, -0.2) is 0 Å². The third kappa shape index (κ3) is 4.07. The maximum Gasteiger partial charge on any atom is 0.274 e. The van der Waals surface area contributed by atoms with Gasteiger partial charge in [0, 0.05) is 18.8 Å². The van der Waals surface area contributed by atoms with Crippen LogP contribution in [0.25, 0.3) is 0 Å². The number of likely N-dealkylation sites (N-methyl/N-ethyl adjacent to an activating group) is 1. The maximum absolute atomic E-state index is 12.5. The van der Waals surface area contributed by atoms with Gasteiger partial charge in [0.15, 0.2) is 5.69 Å². The van der Waals surface area contributed by atoms with Gasteiger partial charge in [-0.05, 0) is 54.5 Å². The minimum atomic E-state index is -0.909. The van der Waals surface area contributed by atoms with Crippen LogP contribution >= 0.6 is 0 Å². The van der Waals surface area contributed by atoms with E-state index in [0.29, 0.717) is 18.8 Å². The van der Waals surface area contributed by atoms with Crippen LogP contribution in [0.5, 0.6) is 0 Å². The van der Waals surface area contributed by atoms with E-state index in [1.807, 2.05) is 18.5 Å². The van der Waals surface area contributed by atoms with Crippen LogP contribution < -0.4 is 0 Å². The fraction of sp³-hybridized carbons (Fsp3) is 0.733. The molecule has 114 valence electrons. The van der Waals surface area contributed by atoms with Gasteiger partial charge in [0.1, 0.15) is 0 Å². The summed E-state index contributed by atoms with van der Waals surface area (Å²) in [6, 6.07) is 1.81. The van der Waals surface area contributed by atoms with Crippen molar-refractivity contribution in [2.45, 2.75) is 59.6 Å². The number of aliphatic hydroxyl groups is 1. The van der Waals surface area contributed by atoms with Gasteiger partial charge in [0.05, 0.1) is 11.1 Å². The Hall–Kier alpha value is -1.36. The number of rotatable bonds is 4. The van der Waals surface area contributed by atoms with E-state index in [1.54, 1.807) is 24.8 Å². The lowest BCUT2D eigenvalue weighted by Crippen LogP contribution is -2.42. The number of aromatic nitrogens is 2. The first-order valence-electron chi connectivity index (χ1n) is 7.04. The molecule has 0 saturated heterocycles. The summed E-state index contributed by atoms with van der Waals surface area (Å²) in [5.41, 5.74) is 0.326. The van der Waals surface area contributed by atoms with Gasteiger partial charge in [-0.2, -0.15) is 5.10 Å². The third-order valence-electron chi connectivity index (χ3n) is 2.99. The molecular formula is C15H27N3O2. The molecule has 1 rings (SSSR count). The molecule has 0 radical (unpaired) electrons. The number of hydrogen-bond donors (Lipinski definition) is 1. The molecule has 0 spiro atoms. The molecule has 20 heavy (non-hydrogen) atoms. The van der Waals surface area contributed by atoms with E-state index in [2.05, 4.69) is 25.9 Å². The van der Waals surface area contributed by atoms with Crippen molar-refractivity contribution < 1.29 is 9.90 Å². The summed E-state index contributed by atoms with van der Waals surface area (Å²) in [5, 5.41) is 14.3. The summed E-state index contributed by atoms with van der Waals surface area (Å²) in [5.74, 6) is -0.138. The van der Waals surface area contributed by atoms with Gasteiger partial charge in [0.2, 0.25) is 0 Å². The van der Waals surface area contributed by atoms with Crippen molar-refractivity contribution in [2.24, 2.45) is 0 Å². The lowest BCUT2D eigenvalue weighted by molar-refractivity contribution is 0.0310. The zero-order valence-electron chi connectivity index (χ0n) is 13.7. The minimum Gasteiger partial charge on any atom is -0.389 e. The van der Waals surface area contributed by atoms with E-state index in [4.69, 9.17) is 0 Å². The predicted octanol–water partition coefficient (Wildman–Crippen LogP) is 2.18. The molecule has 5 heteroatoms. The largest absolute Gasteiger partial charge is 0.389 e. The van der Waals surface area contributed by atoms with E-state index in [1.165, 1.54) is 0 Å². The Morgan fingerprint density at radius 1 is 1.35 bits per heavy atom. The van der Waals surface area contributed by atoms with Gasteiger partial charge in [-0.15, -0.1) is 0 Å². The molecule has 0 atom stereocenters. The summed E-state index contributed by atoms with van der Waals surface area (Å²) in [6.07, 6.45) is 0. The molecule has 1 heterocycles. The zero-order chi connectivity index (χ0) is 15.7. The first-order chi connectivity index (χ1) is 8.95. The first kappa shape index (κ1) is 16.7. The number of hydrogen-bond acceptors (Lipinski definition) is 3. The third-order valence-corrected chi connectivity index (χ3v) is 2.99. The van der Waals surface area contributed by atoms with E-state index in [9.17, 15) is 9.90 Å². The van der Waals surface area contributed by atoms with Crippen molar-refractivity contribution in [1.82, 2.24) is 14.7 Å². The standard InChI is InChI=1S/C15H27N3O2/c1-8-17(10-15(6,7)20)13(19)12-9-11(2)18(16-12)14(3,4)5/h9,20H,8,10H2,1-7H3. The highest BCUT2D eigenvalue weighted by Crippen LogP contribution is 2.18. The SMILES string of the molecule is CCN(CC(C)(C)O)C(=O)c1cc(C)n(C(C)(C)C)n1. The van der Waals surface area contributed by atoms with Gasteiger partial charge in [-0.3, -0.25) is 9.48 Å². The summed E-state index contributed by atoms with van der Waals surface area (Å²) in [7, 11) is 0. The van der Waals surface area contributed by atoms with Crippen LogP contribution in [0.3, 0.4) is 0 Å². The summed E-state index contributed by atoms with van der Waals surface area (Å²) in [6.45, 7) is 14.2. The molecule has 0 saturated carbocycles. The van der Waals surface area contributed by atoms with E-state index in [-0.39, 0.29) is 11.4 Å². The second kappa shape index (κ2) is 5.56. The monoisotopic (exact) mass is 281 g/mol. The average Bonchev–Trinajstić information content (AvgIpc) is 2.65. The number of carbonyl (C=O) groups is 1. The van der Waals surface area contributed by atoms with Crippen molar-refractivity contribution in [1.29, 1.82) is 0 Å². The second-order valence-electron chi connectivity index (χ2n) is 6.89. The fourth-order valence-corrected chi connectivity index (χ4v) is 2.21. The fourth-order valence-electron chi connectivity index (χ4n) is 2.21. The molecule has 0 fully saturated rings. The molecule has 1 aromatic rings. The van der Waals surface area contributed by atoms with Crippen LogP contribution in [0.4, 0.5) is 0 Å². The number of aryl methyl sites for hydroxylation is 1. The van der Waals surface area contributed by atoms with Gasteiger partial charge in [-0.1, -0.05) is 0 Å². The summed E-state index contributed by atoms with van der Waals surface area (Å²) >= 11 is 0. The Balaban J connectivity index is 3.03. The van der Waals surface area contributed by atoms with Crippen molar-refractivity contribution >= 4 is 5.91 Å². The Labute approximate surface area is 121 Å². The highest BCUT2D eigenvalue weighted by molar-refractivity contribution is 5.92. The van der Waals surface area contributed by atoms with E-state index < -0.39 is 5.60 Å². The Morgan fingerprint density at radius 2 is 1.90 bits per heavy atom. The van der Waals surface area contributed by atoms with E-state index >= 15 is 0 Å². The molecule has 0 unspecified atom stereocenters. The zero-order valence-corrected chi connectivity index (χ0v) is 13.7. The molecule has 1 aromatic heterocycles. The van der Waals surface area contributed by atoms with Crippen LogP contribution in [0.2, 0.25) is 0 Å². The van der Waals surface area contributed by atoms with Crippen LogP contribution in [0.1, 0.15) is 57.7 Å².